The van der Waals surface area contributed by atoms with Crippen molar-refractivity contribution in [1.29, 1.82) is 0 Å². The van der Waals surface area contributed by atoms with E-state index in [1.165, 1.54) is 11.8 Å². The standard InChI is InChI=1S/C23H33N5O3S/c1-16-12-28(13-17(2)31-16)23(3,4)15-25-21(30)18-6-8-19(9-7-18)26-20(29)14-32-22-24-10-11-27(22)5/h6-11,16-17H,12-15H2,1-5H3,(H,25,30)(H,26,29)/t16-,17+. The SMILES string of the molecule is C[C@@H]1CN(C(C)(C)CNC(=O)c2ccc(NC(=O)CSc3nccn3C)cc2)C[C@H](C)O1. The predicted octanol–water partition coefficient (Wildman–Crippen LogP) is 2.77. The zero-order valence-electron chi connectivity index (χ0n) is 19.4. The summed E-state index contributed by atoms with van der Waals surface area (Å²) in [5.74, 6) is 0.0163. The minimum atomic E-state index is -0.180. The molecule has 1 saturated heterocycles. The van der Waals surface area contributed by atoms with E-state index in [9.17, 15) is 9.59 Å². The third kappa shape index (κ3) is 6.57. The highest BCUT2D eigenvalue weighted by Crippen LogP contribution is 2.21. The van der Waals surface area contributed by atoms with Crippen LogP contribution in [0.15, 0.2) is 41.8 Å². The molecule has 174 valence electrons. The third-order valence-electron chi connectivity index (χ3n) is 5.50. The lowest BCUT2D eigenvalue weighted by molar-refractivity contribution is -0.113. The molecular weight excluding hydrogens is 426 g/mol. The fourth-order valence-electron chi connectivity index (χ4n) is 3.71. The number of hydrogen-bond acceptors (Lipinski definition) is 6. The number of anilines is 1. The highest BCUT2D eigenvalue weighted by atomic mass is 32.2. The molecule has 0 saturated carbocycles. The third-order valence-corrected chi connectivity index (χ3v) is 6.56. The molecule has 2 N–H and O–H groups in total. The monoisotopic (exact) mass is 459 g/mol. The van der Waals surface area contributed by atoms with Crippen molar-refractivity contribution in [2.24, 2.45) is 7.05 Å². The molecular formula is C23H33N5O3S. The lowest BCUT2D eigenvalue weighted by Crippen LogP contribution is -2.58. The highest BCUT2D eigenvalue weighted by molar-refractivity contribution is 7.99. The Morgan fingerprint density at radius 1 is 1.19 bits per heavy atom. The van der Waals surface area contributed by atoms with Crippen LogP contribution in [0.3, 0.4) is 0 Å². The largest absolute Gasteiger partial charge is 0.373 e. The number of thioether (sulfide) groups is 1. The first-order chi connectivity index (χ1) is 15.1. The van der Waals surface area contributed by atoms with E-state index in [0.29, 0.717) is 17.8 Å². The van der Waals surface area contributed by atoms with Crippen LogP contribution in [0.25, 0.3) is 0 Å². The van der Waals surface area contributed by atoms with E-state index in [1.54, 1.807) is 30.5 Å². The van der Waals surface area contributed by atoms with Crippen molar-refractivity contribution >= 4 is 29.3 Å². The van der Waals surface area contributed by atoms with E-state index in [0.717, 1.165) is 18.2 Å². The Morgan fingerprint density at radius 2 is 1.84 bits per heavy atom. The van der Waals surface area contributed by atoms with Gasteiger partial charge in [0.25, 0.3) is 5.91 Å². The molecule has 8 nitrogen and oxygen atoms in total. The summed E-state index contributed by atoms with van der Waals surface area (Å²) in [7, 11) is 1.89. The zero-order valence-corrected chi connectivity index (χ0v) is 20.2. The van der Waals surface area contributed by atoms with Crippen molar-refractivity contribution < 1.29 is 14.3 Å². The summed E-state index contributed by atoms with van der Waals surface area (Å²) in [5.41, 5.74) is 1.04. The Morgan fingerprint density at radius 3 is 2.44 bits per heavy atom. The van der Waals surface area contributed by atoms with E-state index < -0.39 is 0 Å². The molecule has 32 heavy (non-hydrogen) atoms. The number of benzene rings is 1. The molecule has 2 amide bonds. The van der Waals surface area contributed by atoms with Gasteiger partial charge in [0.15, 0.2) is 5.16 Å². The summed E-state index contributed by atoms with van der Waals surface area (Å²) in [4.78, 5) is 31.4. The molecule has 0 spiro atoms. The first-order valence-corrected chi connectivity index (χ1v) is 11.8. The number of imidazole rings is 1. The van der Waals surface area contributed by atoms with Crippen LogP contribution in [-0.4, -0.2) is 69.4 Å². The molecule has 1 aliphatic heterocycles. The van der Waals surface area contributed by atoms with Gasteiger partial charge in [-0.3, -0.25) is 14.5 Å². The molecule has 9 heteroatoms. The fraction of sp³-hybridized carbons (Fsp3) is 0.522. The molecule has 2 aromatic rings. The summed E-state index contributed by atoms with van der Waals surface area (Å²) in [6.07, 6.45) is 3.90. The average molecular weight is 460 g/mol. The smallest absolute Gasteiger partial charge is 0.251 e. The molecule has 1 aromatic carbocycles. The first kappa shape index (κ1) is 24.3. The van der Waals surface area contributed by atoms with Crippen LogP contribution in [0.2, 0.25) is 0 Å². The Bertz CT molecular complexity index is 918. The van der Waals surface area contributed by atoms with E-state index in [4.69, 9.17) is 4.74 Å². The topological polar surface area (TPSA) is 88.5 Å². The normalized spacial score (nSPS) is 19.5. The fourth-order valence-corrected chi connectivity index (χ4v) is 4.44. The summed E-state index contributed by atoms with van der Waals surface area (Å²) < 4.78 is 7.69. The second kappa shape index (κ2) is 10.5. The zero-order chi connectivity index (χ0) is 23.3. The molecule has 2 atom stereocenters. The molecule has 0 bridgehead atoms. The van der Waals surface area contributed by atoms with Gasteiger partial charge in [0.2, 0.25) is 5.91 Å². The Kier molecular flexibility index (Phi) is 7.97. The second-order valence-corrected chi connectivity index (χ2v) is 9.83. The Balaban J connectivity index is 1.48. The number of aromatic nitrogens is 2. The summed E-state index contributed by atoms with van der Waals surface area (Å²) in [6.45, 7) is 10.7. The van der Waals surface area contributed by atoms with Gasteiger partial charge in [-0.1, -0.05) is 11.8 Å². The van der Waals surface area contributed by atoms with Gasteiger partial charge < -0.3 is 19.9 Å². The Labute approximate surface area is 194 Å². The van der Waals surface area contributed by atoms with Gasteiger partial charge in [-0.15, -0.1) is 0 Å². The van der Waals surface area contributed by atoms with Crippen LogP contribution in [0, 0.1) is 0 Å². The van der Waals surface area contributed by atoms with Gasteiger partial charge in [0, 0.05) is 55.9 Å². The van der Waals surface area contributed by atoms with Crippen molar-refractivity contribution in [3.63, 3.8) is 0 Å². The van der Waals surface area contributed by atoms with Crippen molar-refractivity contribution in [1.82, 2.24) is 19.8 Å². The van der Waals surface area contributed by atoms with Crippen LogP contribution >= 0.6 is 11.8 Å². The maximum Gasteiger partial charge on any atom is 0.251 e. The van der Waals surface area contributed by atoms with Crippen molar-refractivity contribution in [2.75, 3.05) is 30.7 Å². The van der Waals surface area contributed by atoms with E-state index in [2.05, 4.69) is 48.2 Å². The number of nitrogens with one attached hydrogen (secondary N) is 2. The number of rotatable bonds is 8. The molecule has 0 radical (unpaired) electrons. The average Bonchev–Trinajstić information content (AvgIpc) is 3.15. The van der Waals surface area contributed by atoms with Gasteiger partial charge in [-0.2, -0.15) is 0 Å². The Hall–Kier alpha value is -2.36. The van der Waals surface area contributed by atoms with Gasteiger partial charge in [0.1, 0.15) is 0 Å². The molecule has 0 aliphatic carbocycles. The summed E-state index contributed by atoms with van der Waals surface area (Å²) >= 11 is 1.37. The van der Waals surface area contributed by atoms with E-state index >= 15 is 0 Å². The van der Waals surface area contributed by atoms with Gasteiger partial charge in [-0.05, 0) is 52.0 Å². The van der Waals surface area contributed by atoms with Crippen LogP contribution < -0.4 is 10.6 Å². The number of nitrogens with zero attached hydrogens (tertiary/aromatic N) is 3. The number of aryl methyl sites for hydroxylation is 1. The summed E-state index contributed by atoms with van der Waals surface area (Å²) in [5, 5.41) is 6.68. The number of morpholine rings is 1. The van der Waals surface area contributed by atoms with Gasteiger partial charge >= 0.3 is 0 Å². The lowest BCUT2D eigenvalue weighted by atomic mass is 10.00. The van der Waals surface area contributed by atoms with Crippen LogP contribution in [0.5, 0.6) is 0 Å². The molecule has 1 aromatic heterocycles. The van der Waals surface area contributed by atoms with Crippen molar-refractivity contribution in [3.05, 3.63) is 42.2 Å². The number of amides is 2. The van der Waals surface area contributed by atoms with E-state index in [1.807, 2.05) is 17.8 Å². The maximum atomic E-state index is 12.6. The molecule has 2 heterocycles. The number of carbonyl (C=O) groups excluding carboxylic acids is 2. The van der Waals surface area contributed by atoms with Crippen LogP contribution in [0.4, 0.5) is 5.69 Å². The van der Waals surface area contributed by atoms with Crippen molar-refractivity contribution in [2.45, 2.75) is 50.6 Å². The minimum Gasteiger partial charge on any atom is -0.373 e. The molecule has 3 rings (SSSR count). The molecule has 1 fully saturated rings. The molecule has 0 unspecified atom stereocenters. The van der Waals surface area contributed by atoms with E-state index in [-0.39, 0.29) is 35.3 Å². The second-order valence-electron chi connectivity index (χ2n) is 8.89. The lowest BCUT2D eigenvalue weighted by Gasteiger charge is -2.45. The van der Waals surface area contributed by atoms with Gasteiger partial charge in [0.05, 0.1) is 18.0 Å². The number of ether oxygens (including phenoxy) is 1. The quantitative estimate of drug-likeness (QED) is 0.590. The van der Waals surface area contributed by atoms with Gasteiger partial charge in [-0.25, -0.2) is 4.98 Å². The summed E-state index contributed by atoms with van der Waals surface area (Å²) in [6, 6.07) is 6.94. The minimum absolute atomic E-state index is 0.120. The molecule has 1 aliphatic rings. The van der Waals surface area contributed by atoms with Crippen LogP contribution in [0.1, 0.15) is 38.1 Å². The maximum absolute atomic E-state index is 12.6. The predicted molar refractivity (Wildman–Crippen MR) is 127 cm³/mol. The highest BCUT2D eigenvalue weighted by Gasteiger charge is 2.33. The van der Waals surface area contributed by atoms with Crippen molar-refractivity contribution in [3.8, 4) is 0 Å². The number of carbonyl (C=O) groups is 2. The number of hydrogen-bond donors (Lipinski definition) is 2. The first-order valence-electron chi connectivity index (χ1n) is 10.8. The van der Waals surface area contributed by atoms with Crippen LogP contribution in [-0.2, 0) is 16.6 Å².